The van der Waals surface area contributed by atoms with Crippen molar-refractivity contribution in [2.45, 2.75) is 19.8 Å². The lowest BCUT2D eigenvalue weighted by atomic mass is 10.3. The minimum absolute atomic E-state index is 0.630. The topological polar surface area (TPSA) is 53.7 Å². The lowest BCUT2D eigenvalue weighted by molar-refractivity contribution is 0.172. The first-order chi connectivity index (χ1) is 8.27. The molecule has 0 bridgehead atoms. The quantitative estimate of drug-likeness (QED) is 0.559. The smallest absolute Gasteiger partial charge is 0.145 e. The van der Waals surface area contributed by atoms with Crippen molar-refractivity contribution in [3.05, 3.63) is 18.2 Å². The summed E-state index contributed by atoms with van der Waals surface area (Å²) >= 11 is 0. The molecule has 0 saturated carbocycles. The number of benzene rings is 1. The van der Waals surface area contributed by atoms with Gasteiger partial charge in [-0.3, -0.25) is 0 Å². The summed E-state index contributed by atoms with van der Waals surface area (Å²) in [5.74, 6) is 1.47. The highest BCUT2D eigenvalue weighted by molar-refractivity contribution is 5.55. The first-order valence-corrected chi connectivity index (χ1v) is 5.92. The normalized spacial score (nSPS) is 10.2. The van der Waals surface area contributed by atoms with E-state index in [1.807, 2.05) is 12.1 Å². The fraction of sp³-hybridized carbons (Fsp3) is 0.538. The van der Waals surface area contributed by atoms with Gasteiger partial charge in [-0.25, -0.2) is 0 Å². The van der Waals surface area contributed by atoms with E-state index in [2.05, 4.69) is 6.92 Å². The van der Waals surface area contributed by atoms with Gasteiger partial charge in [0.15, 0.2) is 0 Å². The maximum Gasteiger partial charge on any atom is 0.145 e. The van der Waals surface area contributed by atoms with Gasteiger partial charge in [0, 0.05) is 26.2 Å². The summed E-state index contributed by atoms with van der Waals surface area (Å²) in [4.78, 5) is 0. The molecule has 0 aliphatic heterocycles. The lowest BCUT2D eigenvalue weighted by Gasteiger charge is -2.11. The van der Waals surface area contributed by atoms with E-state index in [-0.39, 0.29) is 0 Å². The zero-order valence-electron chi connectivity index (χ0n) is 10.6. The Bertz CT molecular complexity index is 328. The van der Waals surface area contributed by atoms with Crippen molar-refractivity contribution in [1.82, 2.24) is 0 Å². The van der Waals surface area contributed by atoms with Gasteiger partial charge in [0.2, 0.25) is 0 Å². The van der Waals surface area contributed by atoms with E-state index in [1.165, 1.54) is 0 Å². The molecule has 4 nitrogen and oxygen atoms in total. The van der Waals surface area contributed by atoms with Crippen molar-refractivity contribution >= 4 is 5.69 Å². The third kappa shape index (κ3) is 4.95. The van der Waals surface area contributed by atoms with E-state index in [1.54, 1.807) is 13.2 Å². The zero-order chi connectivity index (χ0) is 12.5. The van der Waals surface area contributed by atoms with Gasteiger partial charge in [-0.15, -0.1) is 0 Å². The predicted molar refractivity (Wildman–Crippen MR) is 68.6 cm³/mol. The fourth-order valence-corrected chi connectivity index (χ4v) is 1.33. The largest absolute Gasteiger partial charge is 0.493 e. The van der Waals surface area contributed by atoms with Crippen LogP contribution in [0.1, 0.15) is 19.8 Å². The molecule has 0 spiro atoms. The number of hydrogen-bond acceptors (Lipinski definition) is 4. The molecule has 0 saturated heterocycles. The second-order valence-electron chi connectivity index (χ2n) is 3.74. The van der Waals surface area contributed by atoms with Gasteiger partial charge in [-0.2, -0.15) is 0 Å². The molecule has 1 aromatic rings. The van der Waals surface area contributed by atoms with Gasteiger partial charge in [-0.05, 0) is 18.6 Å². The van der Waals surface area contributed by atoms with Gasteiger partial charge in [0.25, 0.3) is 0 Å². The summed E-state index contributed by atoms with van der Waals surface area (Å²) in [5.41, 5.74) is 6.45. The fourth-order valence-electron chi connectivity index (χ4n) is 1.33. The Balaban J connectivity index is 2.49. The van der Waals surface area contributed by atoms with Crippen molar-refractivity contribution < 1.29 is 14.2 Å². The van der Waals surface area contributed by atoms with Crippen molar-refractivity contribution in [1.29, 1.82) is 0 Å². The highest BCUT2D eigenvalue weighted by Gasteiger charge is 2.02. The Morgan fingerprint density at radius 1 is 1.12 bits per heavy atom. The van der Waals surface area contributed by atoms with Gasteiger partial charge < -0.3 is 19.9 Å². The summed E-state index contributed by atoms with van der Waals surface area (Å²) < 4.78 is 16.0. The minimum atomic E-state index is 0.630. The van der Waals surface area contributed by atoms with E-state index in [9.17, 15) is 0 Å². The van der Waals surface area contributed by atoms with Gasteiger partial charge in [-0.1, -0.05) is 6.92 Å². The number of anilines is 1. The third-order valence-electron chi connectivity index (χ3n) is 2.21. The van der Waals surface area contributed by atoms with Crippen LogP contribution in [0.15, 0.2) is 18.2 Å². The van der Waals surface area contributed by atoms with Crippen LogP contribution in [0.3, 0.4) is 0 Å². The molecule has 17 heavy (non-hydrogen) atoms. The first kappa shape index (κ1) is 13.6. The Hall–Kier alpha value is -1.42. The summed E-state index contributed by atoms with van der Waals surface area (Å²) in [6.07, 6.45) is 1.82. The molecule has 0 aliphatic rings. The Morgan fingerprint density at radius 3 is 2.65 bits per heavy atom. The number of nitrogens with two attached hydrogens (primary N) is 1. The molecule has 0 heterocycles. The van der Waals surface area contributed by atoms with Gasteiger partial charge in [0.1, 0.15) is 11.5 Å². The summed E-state index contributed by atoms with van der Waals surface area (Å²) in [7, 11) is 1.68. The molecule has 0 aromatic heterocycles. The van der Waals surface area contributed by atoms with Gasteiger partial charge in [0.05, 0.1) is 18.9 Å². The van der Waals surface area contributed by atoms with Crippen LogP contribution in [-0.2, 0) is 4.74 Å². The Kier molecular flexibility index (Phi) is 6.25. The van der Waals surface area contributed by atoms with Crippen molar-refractivity contribution in [2.24, 2.45) is 0 Å². The minimum Gasteiger partial charge on any atom is -0.493 e. The molecule has 1 rings (SSSR count). The van der Waals surface area contributed by atoms with Crippen molar-refractivity contribution in [3.63, 3.8) is 0 Å². The first-order valence-electron chi connectivity index (χ1n) is 5.92. The van der Waals surface area contributed by atoms with Crippen LogP contribution in [0.25, 0.3) is 0 Å². The number of hydrogen-bond donors (Lipinski definition) is 1. The van der Waals surface area contributed by atoms with Crippen molar-refractivity contribution in [2.75, 3.05) is 32.7 Å². The molecular formula is C13H21NO3. The number of ether oxygens (including phenoxy) is 3. The second kappa shape index (κ2) is 7.79. The Labute approximate surface area is 103 Å². The molecule has 0 fully saturated rings. The molecule has 0 radical (unpaired) electrons. The number of nitrogen functional groups attached to an aromatic ring is 1. The summed E-state index contributed by atoms with van der Waals surface area (Å²) in [6.45, 7) is 4.05. The molecule has 0 amide bonds. The van der Waals surface area contributed by atoms with Crippen LogP contribution in [0, 0.1) is 0 Å². The molecular weight excluding hydrogens is 218 g/mol. The molecule has 0 unspecified atom stereocenters. The summed E-state index contributed by atoms with van der Waals surface area (Å²) in [6, 6.07) is 5.48. The number of rotatable bonds is 8. The maximum absolute atomic E-state index is 5.81. The molecule has 2 N–H and O–H groups in total. The standard InChI is InChI=1S/C13H21NO3/c1-3-7-17-13-10-11(5-6-12(13)14)16-9-4-8-15-2/h5-6,10H,3-4,7-9,14H2,1-2H3. The number of methoxy groups -OCH3 is 1. The molecule has 4 heteroatoms. The average molecular weight is 239 g/mol. The second-order valence-corrected chi connectivity index (χ2v) is 3.74. The molecule has 96 valence electrons. The van der Waals surface area contributed by atoms with E-state index in [0.29, 0.717) is 31.3 Å². The summed E-state index contributed by atoms with van der Waals surface area (Å²) in [5, 5.41) is 0. The van der Waals surface area contributed by atoms with E-state index in [0.717, 1.165) is 18.6 Å². The highest BCUT2D eigenvalue weighted by Crippen LogP contribution is 2.27. The SMILES string of the molecule is CCCOc1cc(OCCCOC)ccc1N. The third-order valence-corrected chi connectivity index (χ3v) is 2.21. The van der Waals surface area contributed by atoms with E-state index in [4.69, 9.17) is 19.9 Å². The molecule has 1 aromatic carbocycles. The van der Waals surface area contributed by atoms with Gasteiger partial charge >= 0.3 is 0 Å². The monoisotopic (exact) mass is 239 g/mol. The Morgan fingerprint density at radius 2 is 1.94 bits per heavy atom. The highest BCUT2D eigenvalue weighted by atomic mass is 16.5. The van der Waals surface area contributed by atoms with Crippen LogP contribution < -0.4 is 15.2 Å². The van der Waals surface area contributed by atoms with Crippen LogP contribution in [0.5, 0.6) is 11.5 Å². The maximum atomic E-state index is 5.81. The van der Waals surface area contributed by atoms with E-state index >= 15 is 0 Å². The van der Waals surface area contributed by atoms with Crippen LogP contribution in [0.2, 0.25) is 0 Å². The van der Waals surface area contributed by atoms with Crippen LogP contribution >= 0.6 is 0 Å². The van der Waals surface area contributed by atoms with Crippen LogP contribution in [-0.4, -0.2) is 26.9 Å². The molecule has 0 aliphatic carbocycles. The zero-order valence-corrected chi connectivity index (χ0v) is 10.6. The van der Waals surface area contributed by atoms with Crippen molar-refractivity contribution in [3.8, 4) is 11.5 Å². The predicted octanol–water partition coefficient (Wildman–Crippen LogP) is 2.47. The molecule has 0 atom stereocenters. The van der Waals surface area contributed by atoms with Crippen LogP contribution in [0.4, 0.5) is 5.69 Å². The lowest BCUT2D eigenvalue weighted by Crippen LogP contribution is -2.03. The van der Waals surface area contributed by atoms with E-state index < -0.39 is 0 Å². The average Bonchev–Trinajstić information content (AvgIpc) is 2.35.